The van der Waals surface area contributed by atoms with Gasteiger partial charge >= 0.3 is 20.1 Å². The molecule has 0 atom stereocenters. The third-order valence-corrected chi connectivity index (χ3v) is 10.0. The minimum Gasteiger partial charge on any atom is -0.498 e. The van der Waals surface area contributed by atoms with Crippen LogP contribution in [0.25, 0.3) is 52.0 Å². The van der Waals surface area contributed by atoms with Crippen molar-refractivity contribution in [2.75, 3.05) is 21.3 Å². The Morgan fingerprint density at radius 1 is 0.328 bits per heavy atom. The summed E-state index contributed by atoms with van der Waals surface area (Å²) in [6.07, 6.45) is 21.2. The van der Waals surface area contributed by atoms with Gasteiger partial charge in [0, 0.05) is 18.6 Å². The molecule has 3 aromatic heterocycles. The molecule has 6 aromatic carbocycles. The number of aromatic nitrogens is 3. The Labute approximate surface area is 408 Å². The van der Waals surface area contributed by atoms with E-state index in [4.69, 9.17) is 14.2 Å². The maximum atomic E-state index is 5.15. The second kappa shape index (κ2) is 26.1. The molecule has 0 aliphatic rings. The normalized spacial score (nSPS) is 10.6. The molecule has 330 valence electrons. The topological polar surface area (TPSA) is 66.4 Å². The van der Waals surface area contributed by atoms with Crippen LogP contribution in [0.5, 0.6) is 17.2 Å². The van der Waals surface area contributed by atoms with Crippen molar-refractivity contribution in [2.24, 2.45) is 0 Å². The van der Waals surface area contributed by atoms with Crippen molar-refractivity contribution < 1.29 is 34.3 Å². The van der Waals surface area contributed by atoms with Crippen molar-refractivity contribution >= 4 is 18.2 Å². The van der Waals surface area contributed by atoms with Gasteiger partial charge in [-0.2, -0.15) is 0 Å². The van der Waals surface area contributed by atoms with Gasteiger partial charge in [-0.1, -0.05) is 180 Å². The predicted molar refractivity (Wildman–Crippen MR) is 268 cm³/mol. The number of rotatable bonds is 12. The zero-order valence-electron chi connectivity index (χ0n) is 37.4. The van der Waals surface area contributed by atoms with Gasteiger partial charge < -0.3 is 14.2 Å². The zero-order chi connectivity index (χ0) is 45.6. The summed E-state index contributed by atoms with van der Waals surface area (Å²) in [4.78, 5) is 13.3. The number of methoxy groups -OCH3 is 3. The van der Waals surface area contributed by atoms with Crippen molar-refractivity contribution in [3.8, 4) is 51.0 Å². The van der Waals surface area contributed by atoms with Gasteiger partial charge in [0.25, 0.3) is 0 Å². The van der Waals surface area contributed by atoms with Crippen LogP contribution in [0.2, 0.25) is 0 Å². The molecule has 0 saturated carbocycles. The summed E-state index contributed by atoms with van der Waals surface area (Å²) in [6, 6.07) is 66.0. The van der Waals surface area contributed by atoms with Gasteiger partial charge in [-0.15, -0.1) is 89.5 Å². The molecular formula is C60H48IrN3O3. The van der Waals surface area contributed by atoms with E-state index in [0.717, 1.165) is 84.4 Å². The summed E-state index contributed by atoms with van der Waals surface area (Å²) in [7, 11) is 4.99. The second-order valence-electron chi connectivity index (χ2n) is 14.6. The van der Waals surface area contributed by atoms with Crippen LogP contribution in [0, 0.1) is 18.2 Å². The van der Waals surface area contributed by atoms with Gasteiger partial charge in [-0.3, -0.25) is 15.0 Å². The van der Waals surface area contributed by atoms with Crippen LogP contribution in [0.3, 0.4) is 0 Å². The van der Waals surface area contributed by atoms with Crippen LogP contribution in [0.15, 0.2) is 219 Å². The van der Waals surface area contributed by atoms with Crippen molar-refractivity contribution in [3.63, 3.8) is 0 Å². The molecule has 0 unspecified atom stereocenters. The van der Waals surface area contributed by atoms with E-state index in [-0.39, 0.29) is 20.1 Å². The molecule has 0 amide bonds. The van der Waals surface area contributed by atoms with E-state index in [0.29, 0.717) is 0 Å². The first-order chi connectivity index (χ1) is 32.5. The molecule has 0 aliphatic carbocycles. The monoisotopic (exact) mass is 1050 g/mol. The van der Waals surface area contributed by atoms with Crippen LogP contribution < -0.4 is 14.2 Å². The van der Waals surface area contributed by atoms with Crippen LogP contribution in [0.4, 0.5) is 0 Å². The third kappa shape index (κ3) is 15.3. The maximum absolute atomic E-state index is 5.15. The fraction of sp³-hybridized carbons (Fsp3) is 0.0500. The Bertz CT molecular complexity index is 2620. The Kier molecular flexibility index (Phi) is 18.9. The van der Waals surface area contributed by atoms with E-state index in [9.17, 15) is 0 Å². The van der Waals surface area contributed by atoms with E-state index in [1.165, 1.54) is 0 Å². The van der Waals surface area contributed by atoms with E-state index in [2.05, 4.69) is 87.8 Å². The molecular weight excluding hydrogens is 1000 g/mol. The standard InChI is InChI=1S/3C20H16NO.Ir/c3*1-22-19-11-9-16(10-12-19)7-8-17-13-14-21-20(15-17)18-5-3-2-4-6-18;/h3*2-6,8-15H,1H3;/q3*-1;+3. The van der Waals surface area contributed by atoms with Crippen LogP contribution >= 0.6 is 0 Å². The van der Waals surface area contributed by atoms with Crippen molar-refractivity contribution in [1.29, 1.82) is 0 Å². The van der Waals surface area contributed by atoms with Crippen molar-refractivity contribution in [3.05, 3.63) is 270 Å². The van der Waals surface area contributed by atoms with Crippen LogP contribution in [0.1, 0.15) is 33.4 Å². The van der Waals surface area contributed by atoms with E-state index < -0.39 is 0 Å². The maximum Gasteiger partial charge on any atom is 3.00 e. The largest absolute Gasteiger partial charge is 3.00 e. The molecule has 6 nitrogen and oxygen atoms in total. The molecule has 0 N–H and O–H groups in total. The summed E-state index contributed by atoms with van der Waals surface area (Å²) in [5, 5.41) is 0. The molecule has 9 rings (SSSR count). The van der Waals surface area contributed by atoms with Gasteiger partial charge in [-0.05, 0) is 16.7 Å². The van der Waals surface area contributed by atoms with Gasteiger partial charge in [-0.25, -0.2) is 0 Å². The second-order valence-corrected chi connectivity index (χ2v) is 14.6. The Hall–Kier alpha value is -7.96. The van der Waals surface area contributed by atoms with Gasteiger partial charge in [0.2, 0.25) is 0 Å². The minimum absolute atomic E-state index is 0. The fourth-order valence-corrected chi connectivity index (χ4v) is 6.47. The molecule has 0 bridgehead atoms. The summed E-state index contributed by atoms with van der Waals surface area (Å²) < 4.78 is 15.5. The zero-order valence-corrected chi connectivity index (χ0v) is 39.8. The molecule has 67 heavy (non-hydrogen) atoms. The first-order valence-corrected chi connectivity index (χ1v) is 21.3. The molecule has 0 radical (unpaired) electrons. The predicted octanol–water partition coefficient (Wildman–Crippen LogP) is 13.9. The van der Waals surface area contributed by atoms with Crippen molar-refractivity contribution in [1.82, 2.24) is 15.0 Å². The summed E-state index contributed by atoms with van der Waals surface area (Å²) in [5.74, 6) is 2.54. The number of hydrogen-bond acceptors (Lipinski definition) is 6. The number of ether oxygens (including phenoxy) is 3. The number of pyridine rings is 3. The fourth-order valence-electron chi connectivity index (χ4n) is 6.47. The molecule has 0 fully saturated rings. The first kappa shape index (κ1) is 48.5. The third-order valence-electron chi connectivity index (χ3n) is 10.0. The molecule has 0 saturated heterocycles. The average molecular weight is 1050 g/mol. The Morgan fingerprint density at radius 3 is 0.821 bits per heavy atom. The Morgan fingerprint density at radius 2 is 0.582 bits per heavy atom. The van der Waals surface area contributed by atoms with E-state index >= 15 is 0 Å². The number of hydrogen-bond donors (Lipinski definition) is 0. The summed E-state index contributed by atoms with van der Waals surface area (Å²) >= 11 is 0. The first-order valence-electron chi connectivity index (χ1n) is 21.3. The minimum atomic E-state index is 0. The molecule has 9 aromatic rings. The Balaban J connectivity index is 0.000000165. The van der Waals surface area contributed by atoms with E-state index in [1.54, 1.807) is 21.3 Å². The summed E-state index contributed by atoms with van der Waals surface area (Å²) in [5.41, 5.74) is 12.5. The number of nitrogens with zero attached hydrogens (tertiary/aromatic N) is 3. The molecule has 3 heterocycles. The quantitative estimate of drug-likeness (QED) is 0.114. The van der Waals surface area contributed by atoms with Crippen LogP contribution in [-0.2, 0) is 20.1 Å². The molecule has 0 spiro atoms. The number of benzene rings is 6. The summed E-state index contributed by atoms with van der Waals surface area (Å²) in [6.45, 7) is 0. The van der Waals surface area contributed by atoms with Crippen LogP contribution in [-0.4, -0.2) is 36.3 Å². The molecule has 0 aliphatic heterocycles. The van der Waals surface area contributed by atoms with Gasteiger partial charge in [0.1, 0.15) is 17.2 Å². The average Bonchev–Trinajstić information content (AvgIpc) is 3.41. The van der Waals surface area contributed by atoms with E-state index in [1.807, 2.05) is 182 Å². The molecule has 7 heteroatoms. The SMILES string of the molecule is COc1ccc([C-]=Cc2ccnc(-c3ccccc3)c2)cc1.COc1ccc([C-]=Cc2ccnc(-c3ccccc3)c2)cc1.COc1ccc([C-]=Cc2ccnc(-c3ccccc3)c2)cc1.[Ir+3]. The van der Waals surface area contributed by atoms with Gasteiger partial charge in [0.05, 0.1) is 38.4 Å². The van der Waals surface area contributed by atoms with Crippen molar-refractivity contribution in [2.45, 2.75) is 0 Å². The van der Waals surface area contributed by atoms with Gasteiger partial charge in [0.15, 0.2) is 0 Å². The smallest absolute Gasteiger partial charge is 0.498 e.